The molecule has 0 aliphatic rings. The number of aryl methyl sites for hydroxylation is 1. The molecule has 0 aromatic carbocycles. The van der Waals surface area contributed by atoms with E-state index in [-0.39, 0.29) is 0 Å². The van der Waals surface area contributed by atoms with Crippen LogP contribution in [0.15, 0.2) is 29.9 Å². The molecule has 2 aromatic rings. The van der Waals surface area contributed by atoms with Gasteiger partial charge in [0.1, 0.15) is 0 Å². The Bertz CT molecular complexity index is 406. The maximum Gasteiger partial charge on any atom is 0.0534 e. The highest BCUT2D eigenvalue weighted by atomic mass is 32.1. The lowest BCUT2D eigenvalue weighted by atomic mass is 10.3. The lowest BCUT2D eigenvalue weighted by Gasteiger charge is -2.03. The van der Waals surface area contributed by atoms with E-state index in [2.05, 4.69) is 41.0 Å². The molecule has 0 fully saturated rings. The number of rotatable bonds is 6. The average Bonchev–Trinajstić information content (AvgIpc) is 2.89. The molecule has 0 spiro atoms. The van der Waals surface area contributed by atoms with Crippen LogP contribution in [-0.4, -0.2) is 22.9 Å². The zero-order valence-corrected chi connectivity index (χ0v) is 10.3. The molecule has 0 unspecified atom stereocenters. The van der Waals surface area contributed by atoms with E-state index in [0.717, 1.165) is 26.1 Å². The highest BCUT2D eigenvalue weighted by molar-refractivity contribution is 7.09. The van der Waals surface area contributed by atoms with Gasteiger partial charge in [-0.05, 0) is 30.4 Å². The Kier molecular flexibility index (Phi) is 4.13. The van der Waals surface area contributed by atoms with Gasteiger partial charge in [0.2, 0.25) is 0 Å². The molecule has 86 valence electrons. The third kappa shape index (κ3) is 3.47. The van der Waals surface area contributed by atoms with Crippen molar-refractivity contribution in [3.8, 4) is 0 Å². The summed E-state index contributed by atoms with van der Waals surface area (Å²) < 4.78 is 1.98. The van der Waals surface area contributed by atoms with Crippen molar-refractivity contribution < 1.29 is 0 Å². The first-order chi connectivity index (χ1) is 7.84. The van der Waals surface area contributed by atoms with Crippen LogP contribution in [0.5, 0.6) is 0 Å². The largest absolute Gasteiger partial charge is 0.315 e. The van der Waals surface area contributed by atoms with Gasteiger partial charge in [-0.3, -0.25) is 4.68 Å². The number of nitrogens with zero attached hydrogens (tertiary/aromatic N) is 2. The van der Waals surface area contributed by atoms with E-state index in [4.69, 9.17) is 0 Å². The van der Waals surface area contributed by atoms with Crippen molar-refractivity contribution in [2.75, 3.05) is 13.1 Å². The predicted octanol–water partition coefficient (Wildman–Crippen LogP) is 2.09. The second-order valence-corrected chi connectivity index (χ2v) is 4.89. The van der Waals surface area contributed by atoms with E-state index in [1.807, 2.05) is 22.2 Å². The predicted molar refractivity (Wildman–Crippen MR) is 67.9 cm³/mol. The first-order valence-electron chi connectivity index (χ1n) is 5.57. The van der Waals surface area contributed by atoms with Crippen LogP contribution in [0.3, 0.4) is 0 Å². The van der Waals surface area contributed by atoms with E-state index < -0.39 is 0 Å². The number of hydrogen-bond acceptors (Lipinski definition) is 3. The highest BCUT2D eigenvalue weighted by Crippen LogP contribution is 2.07. The second kappa shape index (κ2) is 5.82. The van der Waals surface area contributed by atoms with Crippen molar-refractivity contribution in [3.05, 3.63) is 40.3 Å². The topological polar surface area (TPSA) is 29.9 Å². The first-order valence-corrected chi connectivity index (χ1v) is 6.45. The first kappa shape index (κ1) is 11.4. The van der Waals surface area contributed by atoms with Gasteiger partial charge in [-0.15, -0.1) is 11.3 Å². The highest BCUT2D eigenvalue weighted by Gasteiger charge is 1.95. The number of thiophene rings is 1. The van der Waals surface area contributed by atoms with Crippen LogP contribution in [-0.2, 0) is 13.0 Å². The summed E-state index contributed by atoms with van der Waals surface area (Å²) in [7, 11) is 0. The lowest BCUT2D eigenvalue weighted by Crippen LogP contribution is -2.22. The fraction of sp³-hybridized carbons (Fsp3) is 0.417. The Morgan fingerprint density at radius 2 is 2.38 bits per heavy atom. The van der Waals surface area contributed by atoms with Crippen molar-refractivity contribution in [1.82, 2.24) is 15.1 Å². The van der Waals surface area contributed by atoms with Crippen LogP contribution < -0.4 is 5.32 Å². The minimum Gasteiger partial charge on any atom is -0.315 e. The lowest BCUT2D eigenvalue weighted by molar-refractivity contribution is 0.557. The Morgan fingerprint density at radius 1 is 1.44 bits per heavy atom. The Balaban J connectivity index is 1.59. The van der Waals surface area contributed by atoms with Crippen LogP contribution in [0.4, 0.5) is 0 Å². The Hall–Kier alpha value is -1.13. The van der Waals surface area contributed by atoms with Crippen molar-refractivity contribution in [1.29, 1.82) is 0 Å². The third-order valence-electron chi connectivity index (χ3n) is 2.41. The summed E-state index contributed by atoms with van der Waals surface area (Å²) in [4.78, 5) is 1.45. The monoisotopic (exact) mass is 235 g/mol. The molecule has 2 rings (SSSR count). The van der Waals surface area contributed by atoms with Gasteiger partial charge in [0.15, 0.2) is 0 Å². The maximum atomic E-state index is 4.24. The standard InChI is InChI=1S/C12H17N3S/c1-11-9-14-15(10-11)7-6-13-5-4-12-3-2-8-16-12/h2-3,8-10,13H,4-7H2,1H3. The molecule has 0 atom stereocenters. The van der Waals surface area contributed by atoms with Crippen LogP contribution in [0.25, 0.3) is 0 Å². The van der Waals surface area contributed by atoms with Gasteiger partial charge in [-0.2, -0.15) is 5.10 Å². The Morgan fingerprint density at radius 3 is 3.06 bits per heavy atom. The average molecular weight is 235 g/mol. The summed E-state index contributed by atoms with van der Waals surface area (Å²) in [6, 6.07) is 4.29. The molecule has 0 bridgehead atoms. The smallest absolute Gasteiger partial charge is 0.0534 e. The van der Waals surface area contributed by atoms with E-state index in [9.17, 15) is 0 Å². The summed E-state index contributed by atoms with van der Waals surface area (Å²) in [5, 5.41) is 9.80. The zero-order valence-electron chi connectivity index (χ0n) is 9.52. The van der Waals surface area contributed by atoms with Crippen LogP contribution >= 0.6 is 11.3 Å². The van der Waals surface area contributed by atoms with Crippen LogP contribution in [0.1, 0.15) is 10.4 Å². The summed E-state index contributed by atoms with van der Waals surface area (Å²) >= 11 is 1.82. The van der Waals surface area contributed by atoms with E-state index in [0.29, 0.717) is 0 Å². The fourth-order valence-corrected chi connectivity index (χ4v) is 2.28. The molecule has 2 heterocycles. The molecule has 4 heteroatoms. The molecule has 16 heavy (non-hydrogen) atoms. The van der Waals surface area contributed by atoms with Gasteiger partial charge < -0.3 is 5.32 Å². The third-order valence-corrected chi connectivity index (χ3v) is 3.34. The molecule has 0 aliphatic heterocycles. The molecule has 0 saturated carbocycles. The van der Waals surface area contributed by atoms with Crippen molar-refractivity contribution >= 4 is 11.3 Å². The van der Waals surface area contributed by atoms with Gasteiger partial charge in [-0.25, -0.2) is 0 Å². The van der Waals surface area contributed by atoms with Gasteiger partial charge in [0.05, 0.1) is 12.7 Å². The molecule has 0 saturated heterocycles. The fourth-order valence-electron chi connectivity index (χ4n) is 1.57. The number of aromatic nitrogens is 2. The second-order valence-electron chi connectivity index (χ2n) is 3.86. The van der Waals surface area contributed by atoms with Gasteiger partial charge >= 0.3 is 0 Å². The van der Waals surface area contributed by atoms with Crippen LogP contribution in [0.2, 0.25) is 0 Å². The molecule has 1 N–H and O–H groups in total. The zero-order chi connectivity index (χ0) is 11.2. The summed E-state index contributed by atoms with van der Waals surface area (Å²) in [5.74, 6) is 0. The molecule has 0 amide bonds. The normalized spacial score (nSPS) is 10.8. The van der Waals surface area contributed by atoms with Gasteiger partial charge in [-0.1, -0.05) is 6.07 Å². The number of nitrogens with one attached hydrogen (secondary N) is 1. The Labute approximate surface area is 100 Å². The minimum atomic E-state index is 0.943. The molecular formula is C12H17N3S. The maximum absolute atomic E-state index is 4.24. The van der Waals surface area contributed by atoms with Crippen molar-refractivity contribution in [2.45, 2.75) is 19.9 Å². The minimum absolute atomic E-state index is 0.943. The summed E-state index contributed by atoms with van der Waals surface area (Å²) in [5.41, 5.74) is 1.22. The SMILES string of the molecule is Cc1cnn(CCNCCc2cccs2)c1. The molecule has 3 nitrogen and oxygen atoms in total. The van der Waals surface area contributed by atoms with E-state index >= 15 is 0 Å². The van der Waals surface area contributed by atoms with E-state index in [1.165, 1.54) is 10.4 Å². The summed E-state index contributed by atoms with van der Waals surface area (Å²) in [6.07, 6.45) is 5.09. The number of hydrogen-bond donors (Lipinski definition) is 1. The summed E-state index contributed by atoms with van der Waals surface area (Å²) in [6.45, 7) is 5.03. The van der Waals surface area contributed by atoms with Gasteiger partial charge in [0.25, 0.3) is 0 Å². The van der Waals surface area contributed by atoms with Crippen molar-refractivity contribution in [3.63, 3.8) is 0 Å². The van der Waals surface area contributed by atoms with Gasteiger partial charge in [0, 0.05) is 24.2 Å². The quantitative estimate of drug-likeness (QED) is 0.777. The molecule has 0 radical (unpaired) electrons. The molecular weight excluding hydrogens is 218 g/mol. The molecule has 0 aliphatic carbocycles. The molecule has 2 aromatic heterocycles. The van der Waals surface area contributed by atoms with E-state index in [1.54, 1.807) is 0 Å². The van der Waals surface area contributed by atoms with Crippen molar-refractivity contribution in [2.24, 2.45) is 0 Å². The van der Waals surface area contributed by atoms with Crippen LogP contribution in [0, 0.1) is 6.92 Å².